The number of benzene rings is 2. The summed E-state index contributed by atoms with van der Waals surface area (Å²) >= 11 is 7.25. The van der Waals surface area contributed by atoms with Crippen molar-refractivity contribution in [3.05, 3.63) is 63.4 Å². The number of anilines is 2. The number of carbonyl (C=O) groups is 2. The third-order valence-corrected chi connectivity index (χ3v) is 6.54. The van der Waals surface area contributed by atoms with Gasteiger partial charge in [-0.2, -0.15) is 0 Å². The molecule has 3 N–H and O–H groups in total. The fourth-order valence-corrected chi connectivity index (χ4v) is 4.02. The van der Waals surface area contributed by atoms with Gasteiger partial charge in [0.2, 0.25) is 11.8 Å². The molecule has 1 unspecified atom stereocenters. The largest absolute Gasteiger partial charge is 0.325 e. The molecule has 172 valence electrons. The van der Waals surface area contributed by atoms with Crippen LogP contribution < -0.4 is 16.2 Å². The van der Waals surface area contributed by atoms with Crippen molar-refractivity contribution < 1.29 is 9.59 Å². The monoisotopic (exact) mass is 485 g/mol. The summed E-state index contributed by atoms with van der Waals surface area (Å²) < 4.78 is 0. The number of para-hydroxylation sites is 1. The van der Waals surface area contributed by atoms with Crippen molar-refractivity contribution >= 4 is 46.6 Å². The zero-order chi connectivity index (χ0) is 24.0. The van der Waals surface area contributed by atoms with Crippen LogP contribution in [0.2, 0.25) is 5.02 Å². The third kappa shape index (κ3) is 6.00. The van der Waals surface area contributed by atoms with Crippen molar-refractivity contribution in [2.45, 2.75) is 44.0 Å². The minimum absolute atomic E-state index is 0.0819. The molecule has 2 amide bonds. The second-order valence-electron chi connectivity index (χ2n) is 7.17. The standard InChI is InChI=1S/C23H24ClN5O3S/c1-4-18(21(31)26-16-12-8-10-15(24)13(16)3)33-23-27-22(32)20(28-29-23)14-9-6-7-11-17(14)25-19(30)5-2/h6-12,18H,4-5H2,1-3H3,(H,25,30)(H,26,31)(H,27,29,32). The van der Waals surface area contributed by atoms with Crippen molar-refractivity contribution in [1.82, 2.24) is 15.2 Å². The average Bonchev–Trinajstić information content (AvgIpc) is 2.81. The molecule has 0 saturated carbocycles. The number of aromatic nitrogens is 3. The molecule has 0 radical (unpaired) electrons. The van der Waals surface area contributed by atoms with Crippen molar-refractivity contribution in [1.29, 1.82) is 0 Å². The van der Waals surface area contributed by atoms with Crippen LogP contribution in [0.15, 0.2) is 52.4 Å². The molecule has 2 aromatic carbocycles. The Morgan fingerprint density at radius 2 is 1.79 bits per heavy atom. The van der Waals surface area contributed by atoms with Gasteiger partial charge in [-0.3, -0.25) is 19.4 Å². The number of rotatable bonds is 8. The number of aromatic amines is 1. The predicted molar refractivity (Wildman–Crippen MR) is 132 cm³/mol. The summed E-state index contributed by atoms with van der Waals surface area (Å²) in [7, 11) is 0. The Morgan fingerprint density at radius 3 is 2.48 bits per heavy atom. The van der Waals surface area contributed by atoms with Crippen LogP contribution in [0.1, 0.15) is 32.3 Å². The highest BCUT2D eigenvalue weighted by atomic mass is 35.5. The van der Waals surface area contributed by atoms with Crippen molar-refractivity contribution in [3.63, 3.8) is 0 Å². The molecule has 0 saturated heterocycles. The molecule has 0 aliphatic rings. The zero-order valence-corrected chi connectivity index (χ0v) is 20.0. The summed E-state index contributed by atoms with van der Waals surface area (Å²) in [5, 5.41) is 14.1. The molecule has 0 bridgehead atoms. The van der Waals surface area contributed by atoms with Gasteiger partial charge in [-0.05, 0) is 37.1 Å². The minimum Gasteiger partial charge on any atom is -0.325 e. The number of thioether (sulfide) groups is 1. The SMILES string of the molecule is CCC(=O)Nc1ccccc1-c1nnc(SC(CC)C(=O)Nc2cccc(Cl)c2C)[nH]c1=O. The van der Waals surface area contributed by atoms with Crippen molar-refractivity contribution in [2.75, 3.05) is 10.6 Å². The predicted octanol–water partition coefficient (Wildman–Crippen LogP) is 4.65. The van der Waals surface area contributed by atoms with Crippen molar-refractivity contribution in [3.8, 4) is 11.3 Å². The molecule has 3 rings (SSSR count). The highest BCUT2D eigenvalue weighted by Gasteiger charge is 2.21. The summed E-state index contributed by atoms with van der Waals surface area (Å²) in [5.74, 6) is -0.405. The number of hydrogen-bond acceptors (Lipinski definition) is 6. The van der Waals surface area contributed by atoms with E-state index in [1.807, 2.05) is 13.8 Å². The van der Waals surface area contributed by atoms with Gasteiger partial charge in [0.25, 0.3) is 5.56 Å². The number of hydrogen-bond donors (Lipinski definition) is 3. The maximum absolute atomic E-state index is 12.8. The summed E-state index contributed by atoms with van der Waals surface area (Å²) in [6.07, 6.45) is 0.814. The number of nitrogens with one attached hydrogen (secondary N) is 3. The van der Waals surface area contributed by atoms with Crippen LogP contribution in [0.5, 0.6) is 0 Å². The molecule has 8 nitrogen and oxygen atoms in total. The van der Waals surface area contributed by atoms with E-state index >= 15 is 0 Å². The molecule has 0 aliphatic carbocycles. The van der Waals surface area contributed by atoms with Gasteiger partial charge in [0.15, 0.2) is 10.9 Å². The second-order valence-corrected chi connectivity index (χ2v) is 8.77. The Bertz CT molecular complexity index is 1230. The third-order valence-electron chi connectivity index (χ3n) is 4.90. The van der Waals surface area contributed by atoms with Gasteiger partial charge in [-0.25, -0.2) is 0 Å². The van der Waals surface area contributed by atoms with E-state index in [0.717, 1.165) is 17.3 Å². The van der Waals surface area contributed by atoms with E-state index in [2.05, 4.69) is 25.8 Å². The number of halogens is 1. The molecule has 1 atom stereocenters. The molecule has 0 spiro atoms. The first-order valence-corrected chi connectivity index (χ1v) is 11.7. The molecule has 1 aromatic heterocycles. The fourth-order valence-electron chi connectivity index (χ4n) is 3.00. The maximum Gasteiger partial charge on any atom is 0.278 e. The average molecular weight is 486 g/mol. The zero-order valence-electron chi connectivity index (χ0n) is 18.4. The van der Waals surface area contributed by atoms with E-state index in [1.54, 1.807) is 49.4 Å². The van der Waals surface area contributed by atoms with Gasteiger partial charge in [0.05, 0.1) is 10.9 Å². The highest BCUT2D eigenvalue weighted by Crippen LogP contribution is 2.27. The molecule has 33 heavy (non-hydrogen) atoms. The first-order chi connectivity index (χ1) is 15.8. The Kier molecular flexibility index (Phi) is 8.24. The van der Waals surface area contributed by atoms with Crippen molar-refractivity contribution in [2.24, 2.45) is 0 Å². The second kappa shape index (κ2) is 11.1. The lowest BCUT2D eigenvalue weighted by molar-refractivity contribution is -0.116. The Balaban J connectivity index is 1.80. The van der Waals surface area contributed by atoms with Gasteiger partial charge in [-0.15, -0.1) is 10.2 Å². The molecule has 0 aliphatic heterocycles. The molecular formula is C23H24ClN5O3S. The maximum atomic E-state index is 12.8. The van der Waals surface area contributed by atoms with E-state index in [0.29, 0.717) is 34.8 Å². The van der Waals surface area contributed by atoms with E-state index < -0.39 is 10.8 Å². The first-order valence-electron chi connectivity index (χ1n) is 10.4. The van der Waals surface area contributed by atoms with E-state index in [4.69, 9.17) is 11.6 Å². The van der Waals surface area contributed by atoms with Crippen LogP contribution in [-0.2, 0) is 9.59 Å². The topological polar surface area (TPSA) is 117 Å². The van der Waals surface area contributed by atoms with Gasteiger partial charge >= 0.3 is 0 Å². The smallest absolute Gasteiger partial charge is 0.278 e. The summed E-state index contributed by atoms with van der Waals surface area (Å²) in [6.45, 7) is 5.44. The van der Waals surface area contributed by atoms with Crippen LogP contribution in [-0.4, -0.2) is 32.2 Å². The normalized spacial score (nSPS) is 11.6. The van der Waals surface area contributed by atoms with Gasteiger partial charge in [-0.1, -0.05) is 61.5 Å². The van der Waals surface area contributed by atoms with Gasteiger partial charge < -0.3 is 10.6 Å². The lowest BCUT2D eigenvalue weighted by Crippen LogP contribution is -2.26. The minimum atomic E-state index is -0.504. The lowest BCUT2D eigenvalue weighted by atomic mass is 10.1. The highest BCUT2D eigenvalue weighted by molar-refractivity contribution is 8.00. The fraction of sp³-hybridized carbons (Fsp3) is 0.261. The molecule has 10 heteroatoms. The summed E-state index contributed by atoms with van der Waals surface area (Å²) in [5.41, 5.74) is 1.97. The van der Waals surface area contributed by atoms with E-state index in [-0.39, 0.29) is 22.7 Å². The van der Waals surface area contributed by atoms with Crippen LogP contribution in [0.3, 0.4) is 0 Å². The number of H-pyrrole nitrogens is 1. The number of nitrogens with zero attached hydrogens (tertiary/aromatic N) is 2. The quantitative estimate of drug-likeness (QED) is 0.400. The number of amides is 2. The molecule has 3 aromatic rings. The van der Waals surface area contributed by atoms with Gasteiger partial charge in [0, 0.05) is 22.7 Å². The summed E-state index contributed by atoms with van der Waals surface area (Å²) in [6, 6.07) is 12.2. The summed E-state index contributed by atoms with van der Waals surface area (Å²) in [4.78, 5) is 40.1. The van der Waals surface area contributed by atoms with Crippen LogP contribution in [0, 0.1) is 6.92 Å². The van der Waals surface area contributed by atoms with Crippen LogP contribution >= 0.6 is 23.4 Å². The van der Waals surface area contributed by atoms with Crippen LogP contribution in [0.25, 0.3) is 11.3 Å². The Hall–Kier alpha value is -3.17. The lowest BCUT2D eigenvalue weighted by Gasteiger charge is -2.15. The Morgan fingerprint density at radius 1 is 1.06 bits per heavy atom. The molecule has 1 heterocycles. The van der Waals surface area contributed by atoms with E-state index in [1.165, 1.54) is 0 Å². The van der Waals surface area contributed by atoms with Gasteiger partial charge in [0.1, 0.15) is 0 Å². The Labute approximate surface area is 200 Å². The molecular weight excluding hydrogens is 462 g/mol. The first kappa shape index (κ1) is 24.5. The number of carbonyl (C=O) groups excluding carboxylic acids is 2. The van der Waals surface area contributed by atoms with E-state index in [9.17, 15) is 14.4 Å². The van der Waals surface area contributed by atoms with Crippen LogP contribution in [0.4, 0.5) is 11.4 Å². The molecule has 0 fully saturated rings.